The second-order valence-electron chi connectivity index (χ2n) is 6.24. The van der Waals surface area contributed by atoms with E-state index in [-0.39, 0.29) is 23.4 Å². The molecule has 1 unspecified atom stereocenters. The Kier molecular flexibility index (Phi) is 4.87. The minimum Gasteiger partial charge on any atom is -0.350 e. The van der Waals surface area contributed by atoms with Gasteiger partial charge in [-0.1, -0.05) is 12.1 Å². The van der Waals surface area contributed by atoms with Crippen molar-refractivity contribution in [3.8, 4) is 0 Å². The molecule has 0 saturated carbocycles. The second-order valence-corrected chi connectivity index (χ2v) is 8.01. The Morgan fingerprint density at radius 1 is 1.32 bits per heavy atom. The van der Waals surface area contributed by atoms with Crippen molar-refractivity contribution in [2.45, 2.75) is 44.2 Å². The van der Waals surface area contributed by atoms with Crippen LogP contribution in [0.5, 0.6) is 0 Å². The standard InChI is InChI=1S/C18H21N3O3S/c1-12-4-3-9-19-18(12)11-20-25(23,24)15-7-5-14-6-8-17(16(14)10-15)21-13(2)22/h3-5,7,9-10,17,20H,6,8,11H2,1-2H3,(H,21,22). The number of hydrogen-bond donors (Lipinski definition) is 2. The lowest BCUT2D eigenvalue weighted by atomic mass is 10.1. The van der Waals surface area contributed by atoms with Gasteiger partial charge in [0.1, 0.15) is 0 Å². The maximum Gasteiger partial charge on any atom is 0.240 e. The average Bonchev–Trinajstić information content (AvgIpc) is 2.96. The monoisotopic (exact) mass is 359 g/mol. The van der Waals surface area contributed by atoms with Crippen LogP contribution in [-0.4, -0.2) is 19.3 Å². The van der Waals surface area contributed by atoms with E-state index in [1.165, 1.54) is 6.92 Å². The molecule has 1 heterocycles. The molecular weight excluding hydrogens is 338 g/mol. The molecule has 1 amide bonds. The summed E-state index contributed by atoms with van der Waals surface area (Å²) in [6, 6.07) is 8.69. The number of aryl methyl sites for hydroxylation is 2. The van der Waals surface area contributed by atoms with Crippen LogP contribution in [-0.2, 0) is 27.8 Å². The van der Waals surface area contributed by atoms with Gasteiger partial charge in [0.25, 0.3) is 0 Å². The lowest BCUT2D eigenvalue weighted by molar-refractivity contribution is -0.119. The fourth-order valence-corrected chi connectivity index (χ4v) is 4.12. The highest BCUT2D eigenvalue weighted by Gasteiger charge is 2.25. The van der Waals surface area contributed by atoms with Crippen LogP contribution in [0.1, 0.15) is 41.8 Å². The van der Waals surface area contributed by atoms with Crippen molar-refractivity contribution in [3.63, 3.8) is 0 Å². The van der Waals surface area contributed by atoms with Crippen molar-refractivity contribution in [2.24, 2.45) is 0 Å². The summed E-state index contributed by atoms with van der Waals surface area (Å²) in [5.74, 6) is -0.116. The van der Waals surface area contributed by atoms with Gasteiger partial charge in [-0.2, -0.15) is 0 Å². The normalized spacial score (nSPS) is 16.5. The highest BCUT2D eigenvalue weighted by Crippen LogP contribution is 2.32. The number of pyridine rings is 1. The van der Waals surface area contributed by atoms with E-state index < -0.39 is 10.0 Å². The number of hydrogen-bond acceptors (Lipinski definition) is 4. The molecular formula is C18H21N3O3S. The number of nitrogens with one attached hydrogen (secondary N) is 2. The first-order valence-electron chi connectivity index (χ1n) is 8.17. The van der Waals surface area contributed by atoms with Gasteiger partial charge >= 0.3 is 0 Å². The molecule has 0 radical (unpaired) electrons. The third-order valence-electron chi connectivity index (χ3n) is 4.43. The predicted molar refractivity (Wildman–Crippen MR) is 94.3 cm³/mol. The number of nitrogens with zero attached hydrogens (tertiary/aromatic N) is 1. The Morgan fingerprint density at radius 3 is 2.84 bits per heavy atom. The smallest absolute Gasteiger partial charge is 0.240 e. The van der Waals surface area contributed by atoms with Crippen LogP contribution in [0.3, 0.4) is 0 Å². The Bertz CT molecular complexity index is 910. The van der Waals surface area contributed by atoms with Gasteiger partial charge in [-0.25, -0.2) is 13.1 Å². The van der Waals surface area contributed by atoms with Crippen molar-refractivity contribution in [3.05, 3.63) is 58.9 Å². The number of carbonyl (C=O) groups is 1. The largest absolute Gasteiger partial charge is 0.350 e. The Labute approximate surface area is 147 Å². The maximum atomic E-state index is 12.6. The summed E-state index contributed by atoms with van der Waals surface area (Å²) in [7, 11) is -3.65. The molecule has 3 rings (SSSR count). The van der Waals surface area contributed by atoms with Gasteiger partial charge < -0.3 is 5.32 Å². The number of carbonyl (C=O) groups excluding carboxylic acids is 1. The Hall–Kier alpha value is -2.25. The third kappa shape index (κ3) is 3.88. The number of benzene rings is 1. The molecule has 0 saturated heterocycles. The molecule has 1 atom stereocenters. The quantitative estimate of drug-likeness (QED) is 0.855. The van der Waals surface area contributed by atoms with Crippen molar-refractivity contribution in [2.75, 3.05) is 0 Å². The average molecular weight is 359 g/mol. The summed E-state index contributed by atoms with van der Waals surface area (Å²) in [6.07, 6.45) is 3.27. The van der Waals surface area contributed by atoms with Crippen LogP contribution in [0.4, 0.5) is 0 Å². The zero-order valence-corrected chi connectivity index (χ0v) is 15.1. The summed E-state index contributed by atoms with van der Waals surface area (Å²) in [6.45, 7) is 3.50. The van der Waals surface area contributed by atoms with Crippen molar-refractivity contribution < 1.29 is 13.2 Å². The molecule has 0 spiro atoms. The summed E-state index contributed by atoms with van der Waals surface area (Å²) < 4.78 is 27.8. The molecule has 132 valence electrons. The zero-order valence-electron chi connectivity index (χ0n) is 14.2. The van der Waals surface area contributed by atoms with Crippen molar-refractivity contribution in [1.82, 2.24) is 15.0 Å². The van der Waals surface area contributed by atoms with Gasteiger partial charge in [0.2, 0.25) is 15.9 Å². The zero-order chi connectivity index (χ0) is 18.0. The van der Waals surface area contributed by atoms with Gasteiger partial charge in [0.05, 0.1) is 23.2 Å². The van der Waals surface area contributed by atoms with E-state index in [1.807, 2.05) is 25.1 Å². The molecule has 2 N–H and O–H groups in total. The SMILES string of the molecule is CC(=O)NC1CCc2ccc(S(=O)(=O)NCc3ncccc3C)cc21. The topological polar surface area (TPSA) is 88.2 Å². The Balaban J connectivity index is 1.81. The van der Waals surface area contributed by atoms with E-state index in [9.17, 15) is 13.2 Å². The van der Waals surface area contributed by atoms with Crippen LogP contribution < -0.4 is 10.0 Å². The van der Waals surface area contributed by atoms with Crippen LogP contribution in [0.25, 0.3) is 0 Å². The van der Waals surface area contributed by atoms with Crippen LogP contribution >= 0.6 is 0 Å². The molecule has 0 fully saturated rings. The number of sulfonamides is 1. The third-order valence-corrected chi connectivity index (χ3v) is 5.83. The second kappa shape index (κ2) is 6.93. The lowest BCUT2D eigenvalue weighted by Crippen LogP contribution is -2.26. The molecule has 0 bridgehead atoms. The number of rotatable bonds is 5. The molecule has 1 aromatic heterocycles. The fourth-order valence-electron chi connectivity index (χ4n) is 3.09. The summed E-state index contributed by atoms with van der Waals surface area (Å²) in [4.78, 5) is 15.7. The first kappa shape index (κ1) is 17.6. The highest BCUT2D eigenvalue weighted by atomic mass is 32.2. The summed E-state index contributed by atoms with van der Waals surface area (Å²) in [5.41, 5.74) is 3.60. The van der Waals surface area contributed by atoms with Crippen molar-refractivity contribution >= 4 is 15.9 Å². The molecule has 25 heavy (non-hydrogen) atoms. The van der Waals surface area contributed by atoms with E-state index >= 15 is 0 Å². The minimum absolute atomic E-state index is 0.116. The Morgan fingerprint density at radius 2 is 2.12 bits per heavy atom. The molecule has 6 nitrogen and oxygen atoms in total. The molecule has 7 heteroatoms. The number of aromatic nitrogens is 1. The summed E-state index contributed by atoms with van der Waals surface area (Å²) in [5, 5.41) is 2.88. The molecule has 1 aliphatic carbocycles. The van der Waals surface area contributed by atoms with Crippen LogP contribution in [0, 0.1) is 6.92 Å². The van der Waals surface area contributed by atoms with E-state index in [4.69, 9.17) is 0 Å². The molecule has 1 aromatic carbocycles. The van der Waals surface area contributed by atoms with Crippen LogP contribution in [0.15, 0.2) is 41.4 Å². The van der Waals surface area contributed by atoms with E-state index in [0.717, 1.165) is 29.5 Å². The maximum absolute atomic E-state index is 12.6. The summed E-state index contributed by atoms with van der Waals surface area (Å²) >= 11 is 0. The number of fused-ring (bicyclic) bond motifs is 1. The van der Waals surface area contributed by atoms with Gasteiger partial charge in [-0.05, 0) is 54.7 Å². The minimum atomic E-state index is -3.65. The van der Waals surface area contributed by atoms with E-state index in [1.54, 1.807) is 18.3 Å². The lowest BCUT2D eigenvalue weighted by Gasteiger charge is -2.14. The van der Waals surface area contributed by atoms with Crippen LogP contribution in [0.2, 0.25) is 0 Å². The van der Waals surface area contributed by atoms with Gasteiger partial charge in [-0.3, -0.25) is 9.78 Å². The van der Waals surface area contributed by atoms with Gasteiger partial charge in [0, 0.05) is 13.1 Å². The molecule has 1 aliphatic rings. The predicted octanol–water partition coefficient (Wildman–Crippen LogP) is 1.99. The van der Waals surface area contributed by atoms with Gasteiger partial charge in [-0.15, -0.1) is 0 Å². The van der Waals surface area contributed by atoms with Gasteiger partial charge in [0.15, 0.2) is 0 Å². The molecule has 2 aromatic rings. The molecule has 0 aliphatic heterocycles. The van der Waals surface area contributed by atoms with Crippen molar-refractivity contribution in [1.29, 1.82) is 0 Å². The first-order valence-corrected chi connectivity index (χ1v) is 9.65. The van der Waals surface area contributed by atoms with E-state index in [2.05, 4.69) is 15.0 Å². The fraction of sp³-hybridized carbons (Fsp3) is 0.333. The highest BCUT2D eigenvalue weighted by molar-refractivity contribution is 7.89. The van der Waals surface area contributed by atoms with E-state index in [0.29, 0.717) is 5.69 Å². The first-order chi connectivity index (χ1) is 11.9. The number of amides is 1.